The summed E-state index contributed by atoms with van der Waals surface area (Å²) < 4.78 is 0. The van der Waals surface area contributed by atoms with Crippen LogP contribution in [0, 0.1) is 0 Å². The molecule has 0 radical (unpaired) electrons. The van der Waals surface area contributed by atoms with Gasteiger partial charge >= 0.3 is 0 Å². The fraction of sp³-hybridized carbons (Fsp3) is 0.355. The zero-order valence-electron chi connectivity index (χ0n) is 21.8. The van der Waals surface area contributed by atoms with E-state index in [-0.39, 0.29) is 24.4 Å². The second kappa shape index (κ2) is 15.0. The predicted octanol–water partition coefficient (Wildman–Crippen LogP) is 8.22. The molecule has 1 fully saturated rings. The summed E-state index contributed by atoms with van der Waals surface area (Å²) in [6.07, 6.45) is 5.65. The number of carbonyl (C=O) groups excluding carboxylic acids is 2. The Balaban J connectivity index is 1.53. The first-order chi connectivity index (χ1) is 18.9. The van der Waals surface area contributed by atoms with Crippen molar-refractivity contribution in [2.75, 3.05) is 5.75 Å². The van der Waals surface area contributed by atoms with Crippen molar-refractivity contribution in [1.82, 2.24) is 10.2 Å². The van der Waals surface area contributed by atoms with Gasteiger partial charge in [0.15, 0.2) is 0 Å². The normalized spacial score (nSPS) is 14.2. The lowest BCUT2D eigenvalue weighted by atomic mass is 10.0. The van der Waals surface area contributed by atoms with Gasteiger partial charge in [0.1, 0.15) is 6.04 Å². The van der Waals surface area contributed by atoms with Crippen molar-refractivity contribution in [3.05, 3.63) is 99.0 Å². The number of nitrogens with zero attached hydrogens (tertiary/aromatic N) is 1. The fourth-order valence-corrected chi connectivity index (χ4v) is 6.14. The SMILES string of the molecule is O=C(NC1CCCC1)[C@H](Cc1ccccc1)N(Cc1ccc(Cl)c(Cl)c1)C(=O)CCCSc1ccc(Cl)cc1. The van der Waals surface area contributed by atoms with E-state index in [1.807, 2.05) is 60.7 Å². The van der Waals surface area contributed by atoms with Crippen LogP contribution < -0.4 is 5.32 Å². The van der Waals surface area contributed by atoms with Crippen molar-refractivity contribution < 1.29 is 9.59 Å². The van der Waals surface area contributed by atoms with Gasteiger partial charge in [0.05, 0.1) is 10.0 Å². The average molecular weight is 604 g/mol. The van der Waals surface area contributed by atoms with Crippen LogP contribution in [0.3, 0.4) is 0 Å². The lowest BCUT2D eigenvalue weighted by Gasteiger charge is -2.32. The van der Waals surface area contributed by atoms with Gasteiger partial charge in [-0.15, -0.1) is 11.8 Å². The van der Waals surface area contributed by atoms with Crippen molar-refractivity contribution in [3.63, 3.8) is 0 Å². The molecule has 3 aromatic rings. The third-order valence-corrected chi connectivity index (χ3v) is 9.02. The average Bonchev–Trinajstić information content (AvgIpc) is 3.45. The maximum absolute atomic E-state index is 13.8. The summed E-state index contributed by atoms with van der Waals surface area (Å²) in [6.45, 7) is 0.273. The summed E-state index contributed by atoms with van der Waals surface area (Å²) >= 11 is 20.1. The molecule has 0 spiro atoms. The predicted molar refractivity (Wildman–Crippen MR) is 163 cm³/mol. The molecule has 39 heavy (non-hydrogen) atoms. The number of amides is 2. The van der Waals surface area contributed by atoms with E-state index in [2.05, 4.69) is 5.32 Å². The zero-order valence-corrected chi connectivity index (χ0v) is 24.8. The zero-order chi connectivity index (χ0) is 27.6. The van der Waals surface area contributed by atoms with Crippen LogP contribution in [0.2, 0.25) is 15.1 Å². The molecule has 0 saturated heterocycles. The quantitative estimate of drug-likeness (QED) is 0.168. The van der Waals surface area contributed by atoms with Crippen molar-refractivity contribution in [1.29, 1.82) is 0 Å². The van der Waals surface area contributed by atoms with Crippen LogP contribution in [-0.2, 0) is 22.6 Å². The number of benzene rings is 3. The first-order valence-electron chi connectivity index (χ1n) is 13.3. The van der Waals surface area contributed by atoms with Gasteiger partial charge < -0.3 is 10.2 Å². The number of rotatable bonds is 12. The van der Waals surface area contributed by atoms with E-state index >= 15 is 0 Å². The van der Waals surface area contributed by atoms with Gasteiger partial charge in [-0.2, -0.15) is 0 Å². The third kappa shape index (κ3) is 9.18. The molecule has 1 N–H and O–H groups in total. The molecule has 0 heterocycles. The van der Waals surface area contributed by atoms with Crippen molar-refractivity contribution >= 4 is 58.4 Å². The Morgan fingerprint density at radius 3 is 2.31 bits per heavy atom. The van der Waals surface area contributed by atoms with Crippen molar-refractivity contribution in [2.24, 2.45) is 0 Å². The Labute approximate surface area is 250 Å². The van der Waals surface area contributed by atoms with Crippen molar-refractivity contribution in [2.45, 2.75) is 68.5 Å². The summed E-state index contributed by atoms with van der Waals surface area (Å²) in [6, 6.07) is 22.5. The number of hydrogen-bond acceptors (Lipinski definition) is 3. The van der Waals surface area contributed by atoms with Crippen LogP contribution in [0.25, 0.3) is 0 Å². The molecule has 8 heteroatoms. The lowest BCUT2D eigenvalue weighted by molar-refractivity contribution is -0.141. The Hall–Kier alpha value is -2.18. The van der Waals surface area contributed by atoms with Gasteiger partial charge in [0.2, 0.25) is 11.8 Å². The lowest BCUT2D eigenvalue weighted by Crippen LogP contribution is -2.52. The van der Waals surface area contributed by atoms with E-state index in [9.17, 15) is 9.59 Å². The van der Waals surface area contributed by atoms with E-state index in [1.54, 1.807) is 28.8 Å². The summed E-state index contributed by atoms with van der Waals surface area (Å²) in [5, 5.41) is 4.82. The van der Waals surface area contributed by atoms with E-state index in [1.165, 1.54) is 0 Å². The van der Waals surface area contributed by atoms with Gasteiger partial charge in [-0.05, 0) is 72.5 Å². The molecule has 0 unspecified atom stereocenters. The highest BCUT2D eigenvalue weighted by molar-refractivity contribution is 7.99. The highest BCUT2D eigenvalue weighted by Gasteiger charge is 2.32. The molecule has 1 aliphatic carbocycles. The Kier molecular flexibility index (Phi) is 11.5. The standard InChI is InChI=1S/C31H33Cl3N2O2S/c32-24-13-15-26(16-14-24)39-18-6-11-30(37)36(21-23-12-17-27(33)28(34)19-23)29(20-22-7-2-1-3-8-22)31(38)35-25-9-4-5-10-25/h1-3,7-8,12-17,19,25,29H,4-6,9-11,18,20-21H2,(H,35,38)/t29-/m0/s1. The van der Waals surface area contributed by atoms with Crippen molar-refractivity contribution in [3.8, 4) is 0 Å². The number of nitrogens with one attached hydrogen (secondary N) is 1. The van der Waals surface area contributed by atoms with Gasteiger partial charge in [0, 0.05) is 35.3 Å². The number of hydrogen-bond donors (Lipinski definition) is 1. The number of carbonyl (C=O) groups is 2. The van der Waals surface area contributed by atoms with E-state index in [0.29, 0.717) is 34.3 Å². The highest BCUT2D eigenvalue weighted by Crippen LogP contribution is 2.26. The van der Waals surface area contributed by atoms with Gasteiger partial charge in [-0.25, -0.2) is 0 Å². The first-order valence-corrected chi connectivity index (χ1v) is 15.5. The molecule has 0 aromatic heterocycles. The van der Waals surface area contributed by atoms with Gasteiger partial charge in [0.25, 0.3) is 0 Å². The molecule has 1 saturated carbocycles. The third-order valence-electron chi connectivity index (χ3n) is 6.93. The summed E-state index contributed by atoms with van der Waals surface area (Å²) in [5.41, 5.74) is 1.84. The summed E-state index contributed by atoms with van der Waals surface area (Å²) in [4.78, 5) is 30.4. The first kappa shape index (κ1) is 29.8. The van der Waals surface area contributed by atoms with E-state index < -0.39 is 6.04 Å². The molecule has 4 rings (SSSR count). The largest absolute Gasteiger partial charge is 0.352 e. The van der Waals surface area contributed by atoms with Crippen LogP contribution in [0.1, 0.15) is 49.7 Å². The Bertz CT molecular complexity index is 1230. The van der Waals surface area contributed by atoms with Crippen LogP contribution in [0.4, 0.5) is 0 Å². The molecular formula is C31H33Cl3N2O2S. The second-order valence-electron chi connectivity index (χ2n) is 9.87. The second-order valence-corrected chi connectivity index (χ2v) is 12.3. The molecule has 1 aliphatic rings. The molecule has 0 bridgehead atoms. The Morgan fingerprint density at radius 2 is 1.62 bits per heavy atom. The number of halogens is 3. The monoisotopic (exact) mass is 602 g/mol. The highest BCUT2D eigenvalue weighted by atomic mass is 35.5. The topological polar surface area (TPSA) is 49.4 Å². The van der Waals surface area contributed by atoms with Crippen LogP contribution >= 0.6 is 46.6 Å². The molecule has 0 aliphatic heterocycles. The molecule has 3 aromatic carbocycles. The maximum atomic E-state index is 13.8. The molecular weight excluding hydrogens is 571 g/mol. The minimum Gasteiger partial charge on any atom is -0.352 e. The van der Waals surface area contributed by atoms with Gasteiger partial charge in [-0.3, -0.25) is 9.59 Å². The Morgan fingerprint density at radius 1 is 0.897 bits per heavy atom. The van der Waals surface area contributed by atoms with Gasteiger partial charge in [-0.1, -0.05) is 84.0 Å². The smallest absolute Gasteiger partial charge is 0.243 e. The van der Waals surface area contributed by atoms with Crippen LogP contribution in [-0.4, -0.2) is 34.6 Å². The molecule has 1 atom stereocenters. The maximum Gasteiger partial charge on any atom is 0.243 e. The number of thioether (sulfide) groups is 1. The molecule has 206 valence electrons. The van der Waals surface area contributed by atoms with E-state index in [0.717, 1.165) is 47.5 Å². The summed E-state index contributed by atoms with van der Waals surface area (Å²) in [7, 11) is 0. The van der Waals surface area contributed by atoms with E-state index in [4.69, 9.17) is 34.8 Å². The van der Waals surface area contributed by atoms with Crippen LogP contribution in [0.5, 0.6) is 0 Å². The van der Waals surface area contributed by atoms with Crippen LogP contribution in [0.15, 0.2) is 77.7 Å². The molecule has 2 amide bonds. The fourth-order valence-electron chi connectivity index (χ4n) is 4.84. The minimum absolute atomic E-state index is 0.0553. The summed E-state index contributed by atoms with van der Waals surface area (Å²) in [5.74, 6) is 0.626. The minimum atomic E-state index is -0.640. The molecule has 4 nitrogen and oxygen atoms in total.